The minimum absolute atomic E-state index is 0.173. The first-order valence-electron chi connectivity index (χ1n) is 6.40. The normalized spacial score (nSPS) is 9.57. The van der Waals surface area contributed by atoms with E-state index in [9.17, 15) is 9.90 Å². The third-order valence-corrected chi connectivity index (χ3v) is 2.66. The minimum atomic E-state index is -0.183. The number of aromatic nitrogens is 1. The highest BCUT2D eigenvalue weighted by Crippen LogP contribution is 2.11. The fraction of sp³-hybridized carbons (Fsp3) is 0.125. The fourth-order valence-corrected chi connectivity index (χ4v) is 1.72. The largest absolute Gasteiger partial charge is 0.508 e. The Labute approximate surface area is 122 Å². The number of carbonyl (C=O) groups is 1. The van der Waals surface area contributed by atoms with Gasteiger partial charge in [0.15, 0.2) is 0 Å². The summed E-state index contributed by atoms with van der Waals surface area (Å²) >= 11 is 0. The molecule has 0 aliphatic rings. The average Bonchev–Trinajstić information content (AvgIpc) is 2.48. The van der Waals surface area contributed by atoms with Gasteiger partial charge in [-0.15, -0.1) is 0 Å². The van der Waals surface area contributed by atoms with Crippen molar-refractivity contribution < 1.29 is 9.90 Å². The van der Waals surface area contributed by atoms with Crippen molar-refractivity contribution in [1.29, 1.82) is 0 Å². The maximum absolute atomic E-state index is 11.9. The van der Waals surface area contributed by atoms with E-state index in [1.165, 1.54) is 0 Å². The molecular weight excluding hydrogens is 266 g/mol. The molecule has 2 aromatic rings. The predicted octanol–water partition coefficient (Wildman–Crippen LogP) is 1.28. The van der Waals surface area contributed by atoms with Crippen LogP contribution in [0, 0.1) is 11.8 Å². The number of nitrogens with zero attached hydrogens (tertiary/aromatic N) is 1. The third kappa shape index (κ3) is 4.64. The minimum Gasteiger partial charge on any atom is -0.508 e. The number of phenolic OH excluding ortho intramolecular Hbond substituents is 1. The van der Waals surface area contributed by atoms with Crippen LogP contribution in [0.3, 0.4) is 0 Å². The van der Waals surface area contributed by atoms with Gasteiger partial charge in [-0.2, -0.15) is 0 Å². The molecular formula is C16H15N3O2. The van der Waals surface area contributed by atoms with Gasteiger partial charge in [0.1, 0.15) is 11.6 Å². The zero-order valence-corrected chi connectivity index (χ0v) is 11.3. The summed E-state index contributed by atoms with van der Waals surface area (Å²) in [5.41, 5.74) is 6.87. The molecule has 5 heteroatoms. The number of carbonyl (C=O) groups excluding carboxylic acids is 1. The molecule has 21 heavy (non-hydrogen) atoms. The van der Waals surface area contributed by atoms with Crippen molar-refractivity contribution in [2.75, 3.05) is 11.9 Å². The number of nitrogens with two attached hydrogens (primary N) is 1. The van der Waals surface area contributed by atoms with Gasteiger partial charge < -0.3 is 16.2 Å². The second kappa shape index (κ2) is 7.08. The van der Waals surface area contributed by atoms with Gasteiger partial charge in [0, 0.05) is 11.8 Å². The number of phenols is 1. The van der Waals surface area contributed by atoms with Gasteiger partial charge in [0.2, 0.25) is 5.91 Å². The second-order valence-corrected chi connectivity index (χ2v) is 4.33. The lowest BCUT2D eigenvalue weighted by molar-refractivity contribution is -0.115. The van der Waals surface area contributed by atoms with Crippen LogP contribution in [0.5, 0.6) is 5.75 Å². The molecule has 4 N–H and O–H groups in total. The number of nitrogens with one attached hydrogen (secondary N) is 1. The van der Waals surface area contributed by atoms with E-state index in [1.54, 1.807) is 42.6 Å². The molecule has 0 atom stereocenters. The standard InChI is InChI=1S/C16H15N3O2/c17-8-1-2-12-7-9-18-15(10-12)19-16(21)11-13-3-5-14(20)6-4-13/h3-7,9-10,20H,8,11,17H2,(H,18,19,21). The molecule has 1 amide bonds. The van der Waals surface area contributed by atoms with Crippen LogP contribution in [-0.2, 0) is 11.2 Å². The van der Waals surface area contributed by atoms with Crippen LogP contribution >= 0.6 is 0 Å². The molecule has 0 unspecified atom stereocenters. The van der Waals surface area contributed by atoms with Crippen LogP contribution in [-0.4, -0.2) is 22.5 Å². The predicted molar refractivity (Wildman–Crippen MR) is 80.6 cm³/mol. The number of anilines is 1. The molecule has 1 heterocycles. The number of amides is 1. The Hall–Kier alpha value is -2.84. The van der Waals surface area contributed by atoms with Crippen LogP contribution in [0.4, 0.5) is 5.82 Å². The third-order valence-electron chi connectivity index (χ3n) is 2.66. The van der Waals surface area contributed by atoms with E-state index in [-0.39, 0.29) is 24.6 Å². The zero-order valence-electron chi connectivity index (χ0n) is 11.3. The lowest BCUT2D eigenvalue weighted by Crippen LogP contribution is -2.15. The molecule has 5 nitrogen and oxygen atoms in total. The number of rotatable bonds is 3. The number of pyridine rings is 1. The van der Waals surface area contributed by atoms with E-state index in [0.29, 0.717) is 5.82 Å². The van der Waals surface area contributed by atoms with Gasteiger partial charge >= 0.3 is 0 Å². The van der Waals surface area contributed by atoms with Crippen LogP contribution < -0.4 is 11.1 Å². The van der Waals surface area contributed by atoms with E-state index >= 15 is 0 Å². The number of hydrogen-bond donors (Lipinski definition) is 3. The van der Waals surface area contributed by atoms with E-state index < -0.39 is 0 Å². The van der Waals surface area contributed by atoms with Crippen molar-refractivity contribution in [2.24, 2.45) is 5.73 Å². The maximum Gasteiger partial charge on any atom is 0.229 e. The first kappa shape index (κ1) is 14.6. The van der Waals surface area contributed by atoms with Crippen LogP contribution in [0.2, 0.25) is 0 Å². The summed E-state index contributed by atoms with van der Waals surface area (Å²) in [7, 11) is 0. The Morgan fingerprint density at radius 2 is 2.05 bits per heavy atom. The first-order valence-corrected chi connectivity index (χ1v) is 6.40. The van der Waals surface area contributed by atoms with Gasteiger partial charge in [0.25, 0.3) is 0 Å². The van der Waals surface area contributed by atoms with Crippen molar-refractivity contribution in [3.05, 3.63) is 53.7 Å². The van der Waals surface area contributed by atoms with Crippen molar-refractivity contribution in [1.82, 2.24) is 4.98 Å². The quantitative estimate of drug-likeness (QED) is 0.739. The number of hydrogen-bond acceptors (Lipinski definition) is 4. The van der Waals surface area contributed by atoms with E-state index in [1.807, 2.05) is 0 Å². The average molecular weight is 281 g/mol. The van der Waals surface area contributed by atoms with Crippen molar-refractivity contribution >= 4 is 11.7 Å². The summed E-state index contributed by atoms with van der Waals surface area (Å²) < 4.78 is 0. The lowest BCUT2D eigenvalue weighted by atomic mass is 10.1. The summed E-state index contributed by atoms with van der Waals surface area (Å²) in [6, 6.07) is 9.93. The number of aromatic hydroxyl groups is 1. The highest BCUT2D eigenvalue weighted by molar-refractivity contribution is 5.91. The Balaban J connectivity index is 2.00. The summed E-state index contributed by atoms with van der Waals surface area (Å²) in [6.45, 7) is 0.283. The van der Waals surface area contributed by atoms with E-state index in [0.717, 1.165) is 11.1 Å². The van der Waals surface area contributed by atoms with E-state index in [2.05, 4.69) is 22.1 Å². The molecule has 0 fully saturated rings. The Morgan fingerprint density at radius 3 is 2.76 bits per heavy atom. The molecule has 106 valence electrons. The van der Waals surface area contributed by atoms with Gasteiger partial charge in [-0.1, -0.05) is 24.0 Å². The summed E-state index contributed by atoms with van der Waals surface area (Å²) in [5, 5.41) is 11.9. The zero-order chi connectivity index (χ0) is 15.1. The summed E-state index contributed by atoms with van der Waals surface area (Å²) in [6.07, 6.45) is 1.79. The number of benzene rings is 1. The summed E-state index contributed by atoms with van der Waals surface area (Å²) in [4.78, 5) is 16.0. The van der Waals surface area contributed by atoms with Crippen LogP contribution in [0.1, 0.15) is 11.1 Å². The smallest absolute Gasteiger partial charge is 0.229 e. The molecule has 0 bridgehead atoms. The first-order chi connectivity index (χ1) is 10.2. The molecule has 0 spiro atoms. The molecule has 0 radical (unpaired) electrons. The Morgan fingerprint density at radius 1 is 1.29 bits per heavy atom. The molecule has 1 aromatic carbocycles. The molecule has 0 saturated heterocycles. The highest BCUT2D eigenvalue weighted by atomic mass is 16.3. The fourth-order valence-electron chi connectivity index (χ4n) is 1.72. The van der Waals surface area contributed by atoms with Gasteiger partial charge in [-0.25, -0.2) is 4.98 Å². The molecule has 0 aliphatic heterocycles. The monoisotopic (exact) mass is 281 g/mol. The molecule has 2 rings (SSSR count). The Bertz CT molecular complexity index is 685. The van der Waals surface area contributed by atoms with Gasteiger partial charge in [-0.05, 0) is 29.8 Å². The van der Waals surface area contributed by atoms with Crippen LogP contribution in [0.15, 0.2) is 42.6 Å². The van der Waals surface area contributed by atoms with Crippen LogP contribution in [0.25, 0.3) is 0 Å². The lowest BCUT2D eigenvalue weighted by Gasteiger charge is -2.05. The Kier molecular flexibility index (Phi) is 4.91. The molecule has 0 aliphatic carbocycles. The highest BCUT2D eigenvalue weighted by Gasteiger charge is 2.05. The van der Waals surface area contributed by atoms with Crippen molar-refractivity contribution in [3.8, 4) is 17.6 Å². The van der Waals surface area contributed by atoms with E-state index in [4.69, 9.17) is 5.73 Å². The second-order valence-electron chi connectivity index (χ2n) is 4.33. The van der Waals surface area contributed by atoms with Crippen molar-refractivity contribution in [2.45, 2.75) is 6.42 Å². The van der Waals surface area contributed by atoms with Gasteiger partial charge in [0.05, 0.1) is 13.0 Å². The molecule has 1 aromatic heterocycles. The summed E-state index contributed by atoms with van der Waals surface area (Å²) in [5.74, 6) is 6.06. The maximum atomic E-state index is 11.9. The SMILES string of the molecule is NCC#Cc1ccnc(NC(=O)Cc2ccc(O)cc2)c1. The van der Waals surface area contributed by atoms with Crippen molar-refractivity contribution in [3.63, 3.8) is 0 Å². The van der Waals surface area contributed by atoms with Gasteiger partial charge in [-0.3, -0.25) is 4.79 Å². The molecule has 0 saturated carbocycles. The topological polar surface area (TPSA) is 88.2 Å².